The third-order valence-electron chi connectivity index (χ3n) is 2.37. The van der Waals surface area contributed by atoms with E-state index >= 15 is 0 Å². The Labute approximate surface area is 90.7 Å². The van der Waals surface area contributed by atoms with E-state index in [2.05, 4.69) is 11.4 Å². The van der Waals surface area contributed by atoms with Crippen molar-refractivity contribution >= 4 is 5.69 Å². The molecule has 1 atom stereocenters. The lowest BCUT2D eigenvalue weighted by molar-refractivity contribution is 0.129. The first kappa shape index (κ1) is 11.5. The molecule has 0 aliphatic heterocycles. The summed E-state index contributed by atoms with van der Waals surface area (Å²) in [6.45, 7) is 4.62. The van der Waals surface area contributed by atoms with E-state index in [1.807, 2.05) is 32.0 Å². The van der Waals surface area contributed by atoms with Crippen molar-refractivity contribution < 1.29 is 4.74 Å². The molecule has 1 N–H and O–H groups in total. The molecular weight excluding hydrogens is 188 g/mol. The van der Waals surface area contributed by atoms with Crippen molar-refractivity contribution in [2.45, 2.75) is 20.0 Å². The molecular formula is C12H16N2O. The molecule has 0 aromatic heterocycles. The number of nitrogens with zero attached hydrogens (tertiary/aromatic N) is 1. The van der Waals surface area contributed by atoms with Gasteiger partial charge in [-0.15, -0.1) is 0 Å². The van der Waals surface area contributed by atoms with Crippen molar-refractivity contribution in [2.75, 3.05) is 19.0 Å². The van der Waals surface area contributed by atoms with Gasteiger partial charge in [-0.2, -0.15) is 5.26 Å². The van der Waals surface area contributed by atoms with E-state index in [1.165, 1.54) is 0 Å². The first-order chi connectivity index (χ1) is 7.19. The van der Waals surface area contributed by atoms with E-state index in [4.69, 9.17) is 10.00 Å². The highest BCUT2D eigenvalue weighted by atomic mass is 16.5. The van der Waals surface area contributed by atoms with Crippen LogP contribution in [0, 0.1) is 18.3 Å². The number of methoxy groups -OCH3 is 1. The summed E-state index contributed by atoms with van der Waals surface area (Å²) in [4.78, 5) is 0. The fourth-order valence-electron chi connectivity index (χ4n) is 1.30. The van der Waals surface area contributed by atoms with Crippen LogP contribution < -0.4 is 5.32 Å². The summed E-state index contributed by atoms with van der Waals surface area (Å²) >= 11 is 0. The number of benzene rings is 1. The molecule has 1 aromatic rings. The van der Waals surface area contributed by atoms with Crippen LogP contribution >= 0.6 is 0 Å². The second-order valence-corrected chi connectivity index (χ2v) is 3.54. The first-order valence-corrected chi connectivity index (χ1v) is 4.95. The Morgan fingerprint density at radius 1 is 1.53 bits per heavy atom. The maximum absolute atomic E-state index is 9.00. The molecule has 0 spiro atoms. The second-order valence-electron chi connectivity index (χ2n) is 3.54. The monoisotopic (exact) mass is 204 g/mol. The highest BCUT2D eigenvalue weighted by molar-refractivity contribution is 5.60. The third-order valence-corrected chi connectivity index (χ3v) is 2.37. The molecule has 15 heavy (non-hydrogen) atoms. The summed E-state index contributed by atoms with van der Waals surface area (Å²) in [6, 6.07) is 7.99. The summed E-state index contributed by atoms with van der Waals surface area (Å²) in [5, 5.41) is 12.2. The fraction of sp³-hybridized carbons (Fsp3) is 0.417. The topological polar surface area (TPSA) is 45.0 Å². The number of hydrogen-bond acceptors (Lipinski definition) is 3. The van der Waals surface area contributed by atoms with Gasteiger partial charge < -0.3 is 10.1 Å². The smallest absolute Gasteiger partial charge is 0.102 e. The first-order valence-electron chi connectivity index (χ1n) is 4.95. The average Bonchev–Trinajstić information content (AvgIpc) is 2.25. The van der Waals surface area contributed by atoms with Gasteiger partial charge in [-0.25, -0.2) is 0 Å². The number of nitriles is 1. The molecule has 1 unspecified atom stereocenters. The van der Waals surface area contributed by atoms with Gasteiger partial charge in [0.05, 0.1) is 17.4 Å². The zero-order chi connectivity index (χ0) is 11.3. The van der Waals surface area contributed by atoms with Crippen LogP contribution in [0.4, 0.5) is 5.69 Å². The summed E-state index contributed by atoms with van der Waals surface area (Å²) in [6.07, 6.45) is 0.136. The van der Waals surface area contributed by atoms with Crippen LogP contribution in [0.15, 0.2) is 18.2 Å². The maximum Gasteiger partial charge on any atom is 0.102 e. The molecule has 1 aromatic carbocycles. The number of hydrogen-bond donors (Lipinski definition) is 1. The quantitative estimate of drug-likeness (QED) is 0.818. The van der Waals surface area contributed by atoms with Gasteiger partial charge in [-0.1, -0.05) is 12.1 Å². The zero-order valence-electron chi connectivity index (χ0n) is 9.37. The highest BCUT2D eigenvalue weighted by Gasteiger charge is 2.05. The Balaban J connectivity index is 2.77. The van der Waals surface area contributed by atoms with Gasteiger partial charge in [0.2, 0.25) is 0 Å². The second kappa shape index (κ2) is 5.38. The van der Waals surface area contributed by atoms with Crippen LogP contribution in [0.2, 0.25) is 0 Å². The minimum Gasteiger partial charge on any atom is -0.381 e. The largest absolute Gasteiger partial charge is 0.381 e. The number of ether oxygens (including phenoxy) is 1. The average molecular weight is 204 g/mol. The van der Waals surface area contributed by atoms with Gasteiger partial charge in [0.15, 0.2) is 0 Å². The standard InChI is InChI=1S/C12H16N2O/c1-9-5-4-6-12(11(9)7-13)14-8-10(2)15-3/h4-6,10,14H,8H2,1-3H3. The van der Waals surface area contributed by atoms with Gasteiger partial charge in [0.1, 0.15) is 6.07 Å². The lowest BCUT2D eigenvalue weighted by atomic mass is 10.1. The van der Waals surface area contributed by atoms with E-state index < -0.39 is 0 Å². The van der Waals surface area contributed by atoms with Crippen LogP contribution in [0.1, 0.15) is 18.1 Å². The molecule has 0 fully saturated rings. The lowest BCUT2D eigenvalue weighted by Crippen LogP contribution is -2.18. The Morgan fingerprint density at radius 2 is 2.27 bits per heavy atom. The van der Waals surface area contributed by atoms with Crippen LogP contribution in [0.5, 0.6) is 0 Å². The van der Waals surface area contributed by atoms with E-state index in [0.29, 0.717) is 12.1 Å². The minimum atomic E-state index is 0.136. The molecule has 3 nitrogen and oxygen atoms in total. The molecule has 0 aliphatic rings. The highest BCUT2D eigenvalue weighted by Crippen LogP contribution is 2.18. The molecule has 0 amide bonds. The molecule has 0 heterocycles. The lowest BCUT2D eigenvalue weighted by Gasteiger charge is -2.13. The van der Waals surface area contributed by atoms with Gasteiger partial charge in [0, 0.05) is 13.7 Å². The number of rotatable bonds is 4. The molecule has 1 rings (SSSR count). The van der Waals surface area contributed by atoms with Crippen LogP contribution in [0.25, 0.3) is 0 Å². The maximum atomic E-state index is 9.00. The normalized spacial score (nSPS) is 11.9. The fourth-order valence-corrected chi connectivity index (χ4v) is 1.30. The predicted molar refractivity (Wildman–Crippen MR) is 60.9 cm³/mol. The Morgan fingerprint density at radius 3 is 2.87 bits per heavy atom. The zero-order valence-corrected chi connectivity index (χ0v) is 9.37. The van der Waals surface area contributed by atoms with Gasteiger partial charge in [0.25, 0.3) is 0 Å². The minimum absolute atomic E-state index is 0.136. The molecule has 0 radical (unpaired) electrons. The summed E-state index contributed by atoms with van der Waals surface area (Å²) < 4.78 is 5.13. The number of anilines is 1. The summed E-state index contributed by atoms with van der Waals surface area (Å²) in [7, 11) is 1.67. The van der Waals surface area contributed by atoms with E-state index in [1.54, 1.807) is 7.11 Å². The van der Waals surface area contributed by atoms with Crippen molar-refractivity contribution in [3.05, 3.63) is 29.3 Å². The van der Waals surface area contributed by atoms with Crippen LogP contribution in [-0.4, -0.2) is 19.8 Å². The van der Waals surface area contributed by atoms with E-state index in [9.17, 15) is 0 Å². The van der Waals surface area contributed by atoms with Crippen LogP contribution in [-0.2, 0) is 4.74 Å². The Bertz CT molecular complexity index is 368. The molecule has 80 valence electrons. The number of nitrogens with one attached hydrogen (secondary N) is 1. The van der Waals surface area contributed by atoms with Crippen molar-refractivity contribution in [3.8, 4) is 6.07 Å². The van der Waals surface area contributed by atoms with E-state index in [0.717, 1.165) is 11.3 Å². The summed E-state index contributed by atoms with van der Waals surface area (Å²) in [5.74, 6) is 0. The Hall–Kier alpha value is -1.53. The Kier molecular flexibility index (Phi) is 4.14. The molecule has 0 saturated heterocycles. The molecule has 0 bridgehead atoms. The molecule has 0 saturated carbocycles. The predicted octanol–water partition coefficient (Wildman–Crippen LogP) is 2.31. The SMILES string of the molecule is COC(C)CNc1cccc(C)c1C#N. The van der Waals surface area contributed by atoms with Crippen molar-refractivity contribution in [1.82, 2.24) is 0 Å². The van der Waals surface area contributed by atoms with Crippen molar-refractivity contribution in [2.24, 2.45) is 0 Å². The molecule has 3 heteroatoms. The third kappa shape index (κ3) is 2.97. The van der Waals surface area contributed by atoms with E-state index in [-0.39, 0.29) is 6.10 Å². The van der Waals surface area contributed by atoms with Gasteiger partial charge in [-0.3, -0.25) is 0 Å². The van der Waals surface area contributed by atoms with Gasteiger partial charge >= 0.3 is 0 Å². The number of aryl methyl sites for hydroxylation is 1. The summed E-state index contributed by atoms with van der Waals surface area (Å²) in [5.41, 5.74) is 2.58. The van der Waals surface area contributed by atoms with Crippen LogP contribution in [0.3, 0.4) is 0 Å². The van der Waals surface area contributed by atoms with Crippen molar-refractivity contribution in [3.63, 3.8) is 0 Å². The molecule has 0 aliphatic carbocycles. The van der Waals surface area contributed by atoms with Gasteiger partial charge in [-0.05, 0) is 25.5 Å². The van der Waals surface area contributed by atoms with Crippen molar-refractivity contribution in [1.29, 1.82) is 5.26 Å².